The molecule has 0 aliphatic carbocycles. The fraction of sp³-hybridized carbons (Fsp3) is 0.333. The number of rotatable bonds is 5. The number of nitrogens with zero attached hydrogens (tertiary/aromatic N) is 2. The van der Waals surface area contributed by atoms with Gasteiger partial charge in [-0.25, -0.2) is 4.68 Å². The lowest BCUT2D eigenvalue weighted by Crippen LogP contribution is -2.28. The van der Waals surface area contributed by atoms with Crippen LogP contribution in [-0.4, -0.2) is 15.8 Å². The van der Waals surface area contributed by atoms with Crippen LogP contribution in [0.3, 0.4) is 0 Å². The number of aromatic nitrogens is 2. The van der Waals surface area contributed by atoms with Crippen LogP contribution in [0.5, 0.6) is 0 Å². The van der Waals surface area contributed by atoms with E-state index < -0.39 is 0 Å². The predicted octanol–water partition coefficient (Wildman–Crippen LogP) is 1.91. The molecule has 0 aliphatic heterocycles. The van der Waals surface area contributed by atoms with Crippen molar-refractivity contribution in [2.75, 3.05) is 5.32 Å². The van der Waals surface area contributed by atoms with Gasteiger partial charge in [-0.3, -0.25) is 4.79 Å². The van der Waals surface area contributed by atoms with Crippen molar-refractivity contribution in [3.63, 3.8) is 0 Å². The summed E-state index contributed by atoms with van der Waals surface area (Å²) in [5.74, 6) is 2.36. The van der Waals surface area contributed by atoms with Crippen LogP contribution in [0.15, 0.2) is 23.6 Å². The Bertz CT molecular complexity index is 501. The third kappa shape index (κ3) is 3.36. The van der Waals surface area contributed by atoms with Crippen molar-refractivity contribution in [2.24, 2.45) is 0 Å². The fourth-order valence-corrected chi connectivity index (χ4v) is 1.53. The van der Waals surface area contributed by atoms with Crippen LogP contribution < -0.4 is 10.9 Å². The molecule has 1 N–H and O–H groups in total. The second-order valence-electron chi connectivity index (χ2n) is 3.60. The van der Waals surface area contributed by atoms with Crippen molar-refractivity contribution in [1.29, 1.82) is 0 Å². The first kappa shape index (κ1) is 13.3. The predicted molar refractivity (Wildman–Crippen MR) is 70.2 cm³/mol. The molecule has 0 aliphatic rings. The second-order valence-corrected chi connectivity index (χ2v) is 4.01. The molecule has 0 radical (unpaired) electrons. The highest BCUT2D eigenvalue weighted by atomic mass is 35.5. The summed E-state index contributed by atoms with van der Waals surface area (Å²) >= 11 is 5.93. The highest BCUT2D eigenvalue weighted by Gasteiger charge is 2.11. The van der Waals surface area contributed by atoms with Crippen LogP contribution in [0.1, 0.15) is 13.3 Å². The number of halogens is 1. The van der Waals surface area contributed by atoms with Crippen LogP contribution in [-0.2, 0) is 6.54 Å². The third-order valence-electron chi connectivity index (χ3n) is 2.15. The topological polar surface area (TPSA) is 46.9 Å². The van der Waals surface area contributed by atoms with E-state index in [9.17, 15) is 4.79 Å². The first-order valence-electron chi connectivity index (χ1n) is 5.16. The Hall–Kier alpha value is -1.73. The van der Waals surface area contributed by atoms with Crippen molar-refractivity contribution in [1.82, 2.24) is 9.78 Å². The maximum absolute atomic E-state index is 12.0. The molecule has 1 unspecified atom stereocenters. The summed E-state index contributed by atoms with van der Waals surface area (Å²) in [6.45, 7) is 5.70. The van der Waals surface area contributed by atoms with Gasteiger partial charge in [0.05, 0.1) is 11.2 Å². The molecule has 5 heteroatoms. The minimum Gasteiger partial charge on any atom is -0.377 e. The average Bonchev–Trinajstić information content (AvgIpc) is 2.29. The maximum Gasteiger partial charge on any atom is 0.292 e. The first-order chi connectivity index (χ1) is 8.10. The minimum atomic E-state index is -0.314. The Kier molecular flexibility index (Phi) is 4.80. The SMILES string of the molecule is C#CCn1ncc(Cl)c(NC(C)CC=C)c1=O. The summed E-state index contributed by atoms with van der Waals surface area (Å²) in [5.41, 5.74) is 0.0117. The molecule has 0 bridgehead atoms. The molecule has 0 aromatic carbocycles. The van der Waals surface area contributed by atoms with Crippen LogP contribution in [0.2, 0.25) is 5.02 Å². The van der Waals surface area contributed by atoms with Crippen molar-refractivity contribution < 1.29 is 0 Å². The van der Waals surface area contributed by atoms with E-state index in [1.165, 1.54) is 10.9 Å². The molecule has 0 fully saturated rings. The lowest BCUT2D eigenvalue weighted by Gasteiger charge is -2.14. The molecule has 0 saturated heterocycles. The molecule has 0 spiro atoms. The van der Waals surface area contributed by atoms with Gasteiger partial charge in [0.25, 0.3) is 5.56 Å². The number of terminal acetylenes is 1. The van der Waals surface area contributed by atoms with Crippen LogP contribution in [0.25, 0.3) is 0 Å². The van der Waals surface area contributed by atoms with Gasteiger partial charge >= 0.3 is 0 Å². The van der Waals surface area contributed by atoms with E-state index >= 15 is 0 Å². The standard InChI is InChI=1S/C12H14ClN3O/c1-4-6-9(3)15-11-10(13)8-14-16(7-5-2)12(11)17/h2,4,8-9,15H,1,6-7H2,3H3. The van der Waals surface area contributed by atoms with Gasteiger partial charge in [-0.05, 0) is 13.3 Å². The van der Waals surface area contributed by atoms with Crippen LogP contribution in [0.4, 0.5) is 5.69 Å². The molecule has 90 valence electrons. The largest absolute Gasteiger partial charge is 0.377 e. The Morgan fingerprint density at radius 2 is 2.53 bits per heavy atom. The molecule has 4 nitrogen and oxygen atoms in total. The second kappa shape index (κ2) is 6.12. The Labute approximate surface area is 105 Å². The molecule has 17 heavy (non-hydrogen) atoms. The summed E-state index contributed by atoms with van der Waals surface area (Å²) in [5, 5.41) is 7.17. The van der Waals surface area contributed by atoms with E-state index in [1.807, 2.05) is 6.92 Å². The molecule has 1 aromatic heterocycles. The maximum atomic E-state index is 12.0. The van der Waals surface area contributed by atoms with E-state index in [0.717, 1.165) is 6.42 Å². The van der Waals surface area contributed by atoms with Gasteiger partial charge in [0.15, 0.2) is 0 Å². The summed E-state index contributed by atoms with van der Waals surface area (Å²) in [6.07, 6.45) is 9.06. The highest BCUT2D eigenvalue weighted by Crippen LogP contribution is 2.16. The average molecular weight is 252 g/mol. The van der Waals surface area contributed by atoms with Crippen LogP contribution in [0, 0.1) is 12.3 Å². The summed E-state index contributed by atoms with van der Waals surface area (Å²) < 4.78 is 1.19. The third-order valence-corrected chi connectivity index (χ3v) is 2.44. The highest BCUT2D eigenvalue weighted by molar-refractivity contribution is 6.33. The van der Waals surface area contributed by atoms with Gasteiger partial charge < -0.3 is 5.32 Å². The monoisotopic (exact) mass is 251 g/mol. The lowest BCUT2D eigenvalue weighted by atomic mass is 10.2. The zero-order chi connectivity index (χ0) is 12.8. The zero-order valence-corrected chi connectivity index (χ0v) is 10.4. The van der Waals surface area contributed by atoms with Gasteiger partial charge in [-0.15, -0.1) is 13.0 Å². The molecule has 1 aromatic rings. The van der Waals surface area contributed by atoms with Gasteiger partial charge in [0.2, 0.25) is 0 Å². The molecule has 1 heterocycles. The summed E-state index contributed by atoms with van der Waals surface area (Å²) in [6, 6.07) is 0.0689. The number of hydrogen-bond acceptors (Lipinski definition) is 3. The lowest BCUT2D eigenvalue weighted by molar-refractivity contribution is 0.661. The van der Waals surface area contributed by atoms with Crippen molar-refractivity contribution in [3.05, 3.63) is 34.2 Å². The molecule has 0 saturated carbocycles. The Balaban J connectivity index is 3.06. The normalized spacial score (nSPS) is 11.6. The van der Waals surface area contributed by atoms with Crippen LogP contribution >= 0.6 is 11.6 Å². The van der Waals surface area contributed by atoms with E-state index in [0.29, 0.717) is 10.7 Å². The summed E-state index contributed by atoms with van der Waals surface area (Å²) in [4.78, 5) is 12.0. The number of anilines is 1. The van der Waals surface area contributed by atoms with E-state index in [-0.39, 0.29) is 18.1 Å². The van der Waals surface area contributed by atoms with E-state index in [1.54, 1.807) is 6.08 Å². The van der Waals surface area contributed by atoms with Crippen molar-refractivity contribution in [3.8, 4) is 12.3 Å². The van der Waals surface area contributed by atoms with Crippen molar-refractivity contribution >= 4 is 17.3 Å². The van der Waals surface area contributed by atoms with Gasteiger partial charge in [-0.1, -0.05) is 23.6 Å². The molecule has 1 atom stereocenters. The van der Waals surface area contributed by atoms with E-state index in [4.69, 9.17) is 18.0 Å². The smallest absolute Gasteiger partial charge is 0.292 e. The van der Waals surface area contributed by atoms with Gasteiger partial charge in [0.1, 0.15) is 12.2 Å². The Morgan fingerprint density at radius 3 is 3.12 bits per heavy atom. The fourth-order valence-electron chi connectivity index (χ4n) is 1.35. The van der Waals surface area contributed by atoms with Crippen molar-refractivity contribution in [2.45, 2.75) is 25.9 Å². The number of hydrogen-bond donors (Lipinski definition) is 1. The quantitative estimate of drug-likeness (QED) is 0.642. The molecular weight excluding hydrogens is 238 g/mol. The zero-order valence-electron chi connectivity index (χ0n) is 9.61. The number of nitrogens with one attached hydrogen (secondary N) is 1. The van der Waals surface area contributed by atoms with Gasteiger partial charge in [0, 0.05) is 6.04 Å². The molecule has 1 rings (SSSR count). The van der Waals surface area contributed by atoms with Gasteiger partial charge in [-0.2, -0.15) is 5.10 Å². The first-order valence-corrected chi connectivity index (χ1v) is 5.54. The summed E-state index contributed by atoms with van der Waals surface area (Å²) in [7, 11) is 0. The van der Waals surface area contributed by atoms with E-state index in [2.05, 4.69) is 22.9 Å². The molecule has 0 amide bonds. The molecular formula is C12H14ClN3O. The minimum absolute atomic E-state index is 0.0689. The Morgan fingerprint density at radius 1 is 1.82 bits per heavy atom.